The van der Waals surface area contributed by atoms with Crippen LogP contribution in [0.2, 0.25) is 0 Å². The van der Waals surface area contributed by atoms with E-state index in [4.69, 9.17) is 0 Å². The molecule has 1 N–H and O–H groups in total. The molecule has 0 saturated heterocycles. The molecule has 1 atom stereocenters. The highest BCUT2D eigenvalue weighted by Gasteiger charge is 2.62. The van der Waals surface area contributed by atoms with Gasteiger partial charge in [-0.25, -0.2) is 26.9 Å². The third-order valence-electron chi connectivity index (χ3n) is 3.18. The quantitative estimate of drug-likeness (QED) is 0.813. The monoisotopic (exact) mass is 353 g/mol. The molecule has 0 bridgehead atoms. The van der Waals surface area contributed by atoms with E-state index in [2.05, 4.69) is 10.1 Å². The maximum absolute atomic E-state index is 14.4. The van der Waals surface area contributed by atoms with Crippen molar-refractivity contribution >= 4 is 9.84 Å². The van der Waals surface area contributed by atoms with Crippen LogP contribution in [0, 0.1) is 11.6 Å². The van der Waals surface area contributed by atoms with Crippen molar-refractivity contribution in [3.05, 3.63) is 48.1 Å². The predicted molar refractivity (Wildman–Crippen MR) is 70.1 cm³/mol. The van der Waals surface area contributed by atoms with Gasteiger partial charge in [-0.2, -0.15) is 13.9 Å². The summed E-state index contributed by atoms with van der Waals surface area (Å²) in [6, 6.07) is 1.45. The molecule has 0 spiro atoms. The number of benzene rings is 1. The number of aromatic nitrogens is 3. The highest BCUT2D eigenvalue weighted by Crippen LogP contribution is 2.43. The van der Waals surface area contributed by atoms with E-state index in [1.807, 2.05) is 0 Å². The number of nitrogens with zero attached hydrogens (tertiary/aromatic N) is 3. The number of sulfone groups is 1. The lowest BCUT2D eigenvalue weighted by atomic mass is 9.93. The summed E-state index contributed by atoms with van der Waals surface area (Å²) in [6.45, 7) is -1.12. The first kappa shape index (κ1) is 17.3. The summed E-state index contributed by atoms with van der Waals surface area (Å²) in [5, 5.41) is 9.13. The van der Waals surface area contributed by atoms with Crippen LogP contribution >= 0.6 is 0 Å². The Labute approximate surface area is 128 Å². The highest BCUT2D eigenvalue weighted by atomic mass is 32.2. The first-order valence-corrected chi connectivity index (χ1v) is 7.96. The van der Waals surface area contributed by atoms with Gasteiger partial charge in [0.15, 0.2) is 5.60 Å². The number of alkyl halides is 2. The van der Waals surface area contributed by atoms with Crippen molar-refractivity contribution in [2.45, 2.75) is 17.4 Å². The third kappa shape index (κ3) is 2.93. The van der Waals surface area contributed by atoms with Gasteiger partial charge in [0.1, 0.15) is 24.3 Å². The molecular formula is C12H11F4N3O3S. The zero-order chi connectivity index (χ0) is 17.5. The predicted octanol–water partition coefficient (Wildman–Crippen LogP) is 1.08. The van der Waals surface area contributed by atoms with Crippen molar-refractivity contribution in [2.24, 2.45) is 0 Å². The average Bonchev–Trinajstić information content (AvgIpc) is 2.89. The van der Waals surface area contributed by atoms with Gasteiger partial charge in [-0.15, -0.1) is 0 Å². The smallest absolute Gasteiger partial charge is 0.376 e. The van der Waals surface area contributed by atoms with Crippen molar-refractivity contribution in [3.63, 3.8) is 0 Å². The Bertz CT molecular complexity index is 811. The van der Waals surface area contributed by atoms with Gasteiger partial charge in [-0.1, -0.05) is 0 Å². The third-order valence-corrected chi connectivity index (χ3v) is 4.45. The molecule has 1 aromatic carbocycles. The van der Waals surface area contributed by atoms with Gasteiger partial charge in [0, 0.05) is 17.9 Å². The van der Waals surface area contributed by atoms with Crippen LogP contribution in [0.5, 0.6) is 0 Å². The second-order valence-corrected chi connectivity index (χ2v) is 6.92. The number of hydrogen-bond donors (Lipinski definition) is 1. The lowest BCUT2D eigenvalue weighted by Gasteiger charge is -2.34. The van der Waals surface area contributed by atoms with E-state index in [0.717, 1.165) is 12.7 Å². The Morgan fingerprint density at radius 2 is 1.96 bits per heavy atom. The molecule has 126 valence electrons. The Morgan fingerprint density at radius 1 is 1.30 bits per heavy atom. The first-order chi connectivity index (χ1) is 10.5. The molecule has 2 aromatic rings. The minimum atomic E-state index is -5.14. The molecule has 2 rings (SSSR count). The second kappa shape index (κ2) is 5.57. The molecule has 1 aromatic heterocycles. The number of hydrogen-bond acceptors (Lipinski definition) is 5. The molecule has 1 heterocycles. The fraction of sp³-hybridized carbons (Fsp3) is 0.333. The van der Waals surface area contributed by atoms with Crippen molar-refractivity contribution in [1.82, 2.24) is 14.8 Å². The molecule has 0 radical (unpaired) electrons. The lowest BCUT2D eigenvalue weighted by Crippen LogP contribution is -2.53. The molecule has 0 aliphatic carbocycles. The molecule has 0 aliphatic rings. The Balaban J connectivity index is 2.69. The van der Waals surface area contributed by atoms with E-state index in [0.29, 0.717) is 16.8 Å². The van der Waals surface area contributed by atoms with Crippen LogP contribution < -0.4 is 0 Å². The summed E-state index contributed by atoms with van der Waals surface area (Å²) in [7, 11) is -5.14. The summed E-state index contributed by atoms with van der Waals surface area (Å²) in [5.74, 6) is -2.59. The molecule has 23 heavy (non-hydrogen) atoms. The molecule has 1 unspecified atom stereocenters. The Hall–Kier alpha value is -2.01. The van der Waals surface area contributed by atoms with Crippen molar-refractivity contribution < 1.29 is 31.1 Å². The normalized spacial score (nSPS) is 15.4. The topological polar surface area (TPSA) is 85.1 Å². The first-order valence-electron chi connectivity index (χ1n) is 6.07. The molecule has 0 fully saturated rings. The summed E-state index contributed by atoms with van der Waals surface area (Å²) >= 11 is 0. The van der Waals surface area contributed by atoms with Crippen LogP contribution in [0.15, 0.2) is 30.9 Å². The summed E-state index contributed by atoms with van der Waals surface area (Å²) in [5.41, 5.74) is -4.60. The largest absolute Gasteiger partial charge is 0.379 e. The molecule has 6 nitrogen and oxygen atoms in total. The minimum Gasteiger partial charge on any atom is -0.376 e. The van der Waals surface area contributed by atoms with Crippen molar-refractivity contribution in [1.29, 1.82) is 0 Å². The Kier molecular flexibility index (Phi) is 4.20. The van der Waals surface area contributed by atoms with E-state index >= 15 is 0 Å². The van der Waals surface area contributed by atoms with Gasteiger partial charge in [0.2, 0.25) is 9.84 Å². The van der Waals surface area contributed by atoms with Gasteiger partial charge >= 0.3 is 5.25 Å². The summed E-state index contributed by atoms with van der Waals surface area (Å²) < 4.78 is 79.2. The molecule has 11 heteroatoms. The maximum Gasteiger partial charge on any atom is 0.379 e. The average molecular weight is 353 g/mol. The van der Waals surface area contributed by atoms with Crippen LogP contribution in [0.1, 0.15) is 5.56 Å². The number of halogens is 4. The second-order valence-electron chi connectivity index (χ2n) is 4.87. The van der Waals surface area contributed by atoms with Crippen LogP contribution in [0.4, 0.5) is 17.6 Å². The van der Waals surface area contributed by atoms with E-state index < -0.39 is 44.4 Å². The molecular weight excluding hydrogens is 342 g/mol. The van der Waals surface area contributed by atoms with Crippen LogP contribution in [0.3, 0.4) is 0 Å². The molecule has 0 aliphatic heterocycles. The fourth-order valence-corrected chi connectivity index (χ4v) is 2.80. The van der Waals surface area contributed by atoms with Crippen LogP contribution in [0.25, 0.3) is 0 Å². The van der Waals surface area contributed by atoms with E-state index in [9.17, 15) is 31.1 Å². The van der Waals surface area contributed by atoms with E-state index in [1.54, 1.807) is 0 Å². The van der Waals surface area contributed by atoms with Crippen LogP contribution in [-0.2, 0) is 22.0 Å². The summed E-state index contributed by atoms with van der Waals surface area (Å²) in [4.78, 5) is 3.47. The zero-order valence-corrected chi connectivity index (χ0v) is 12.4. The van der Waals surface area contributed by atoms with Gasteiger partial charge < -0.3 is 5.11 Å². The number of aliphatic hydroxyl groups is 1. The van der Waals surface area contributed by atoms with Gasteiger partial charge in [0.25, 0.3) is 0 Å². The fourth-order valence-electron chi connectivity index (χ4n) is 2.01. The van der Waals surface area contributed by atoms with Crippen LogP contribution in [-0.4, -0.2) is 39.8 Å². The minimum absolute atomic E-state index is 0.195. The molecule has 0 amide bonds. The lowest BCUT2D eigenvalue weighted by molar-refractivity contribution is -0.144. The van der Waals surface area contributed by atoms with Crippen molar-refractivity contribution in [3.8, 4) is 0 Å². The molecule has 0 saturated carbocycles. The SMILES string of the molecule is CS(=O)(=O)C(F)(F)C(O)(Cn1cncn1)c1ccc(F)cc1F. The standard InChI is InChI=1S/C12H11F4N3O3S/c1-23(21,22)12(15,16)11(20,5-19-7-17-6-18-19)9-3-2-8(13)4-10(9)14/h2-4,6-7,20H,5H2,1H3. The van der Waals surface area contributed by atoms with E-state index in [-0.39, 0.29) is 12.3 Å². The highest BCUT2D eigenvalue weighted by molar-refractivity contribution is 7.91. The van der Waals surface area contributed by atoms with Gasteiger partial charge in [-0.05, 0) is 12.1 Å². The summed E-state index contributed by atoms with van der Waals surface area (Å²) in [6.07, 6.45) is 2.09. The van der Waals surface area contributed by atoms with Gasteiger partial charge in [0.05, 0.1) is 6.54 Å². The Morgan fingerprint density at radius 3 is 2.43 bits per heavy atom. The zero-order valence-electron chi connectivity index (χ0n) is 11.6. The van der Waals surface area contributed by atoms with Crippen molar-refractivity contribution in [2.75, 3.05) is 6.26 Å². The van der Waals surface area contributed by atoms with Gasteiger partial charge in [-0.3, -0.25) is 0 Å². The number of rotatable bonds is 5. The maximum atomic E-state index is 14.4. The van der Waals surface area contributed by atoms with E-state index in [1.165, 1.54) is 0 Å².